The van der Waals surface area contributed by atoms with Gasteiger partial charge in [0, 0.05) is 67.9 Å². The Hall–Kier alpha value is -4.15. The van der Waals surface area contributed by atoms with Gasteiger partial charge < -0.3 is 19.1 Å². The largest absolute Gasteiger partial charge is 0.509 e. The van der Waals surface area contributed by atoms with E-state index in [1.54, 1.807) is 0 Å². The van der Waals surface area contributed by atoms with Crippen molar-refractivity contribution in [3.8, 4) is 17.3 Å². The summed E-state index contributed by atoms with van der Waals surface area (Å²) < 4.78 is 8.71. The van der Waals surface area contributed by atoms with Crippen LogP contribution in [-0.4, -0.2) is 20.1 Å². The minimum absolute atomic E-state index is 0. The number of hydrogen-bond donors (Lipinski definition) is 0. The number of nitrogens with zero attached hydrogens (tertiary/aromatic N) is 5. The van der Waals surface area contributed by atoms with Crippen molar-refractivity contribution in [2.24, 2.45) is 5.92 Å². The van der Waals surface area contributed by atoms with Gasteiger partial charge in [0.1, 0.15) is 5.82 Å². The standard InChI is InChI=1S/C41H38N5O.Pt/c1-40(2,3)29-16-22-43-39(23-29)46-35-10-5-4-9-33(35)34-12-11-32(25-37(34)46)47-31-8-6-7-30(24-31)44-27-45(36-17-21-42-26-38(36)44)41-18-13-28(14-19-41)15-20-41;/h4-12,16-17,21-23,26-28H,13-15,18-20H2,1-3H3;/q-3;. The van der Waals surface area contributed by atoms with Gasteiger partial charge in [-0.15, -0.1) is 41.4 Å². The first kappa shape index (κ1) is 31.1. The molecule has 0 amide bonds. The molecule has 4 aliphatic rings. The summed E-state index contributed by atoms with van der Waals surface area (Å²) in [5.74, 6) is 3.06. The minimum Gasteiger partial charge on any atom is -0.509 e. The summed E-state index contributed by atoms with van der Waals surface area (Å²) in [5, 5.41) is 2.27. The zero-order chi connectivity index (χ0) is 31.8. The van der Waals surface area contributed by atoms with Crippen molar-refractivity contribution >= 4 is 38.9 Å². The van der Waals surface area contributed by atoms with Gasteiger partial charge in [-0.25, -0.2) is 4.98 Å². The van der Waals surface area contributed by atoms with E-state index in [4.69, 9.17) is 9.72 Å². The molecule has 10 rings (SSSR count). The molecule has 1 aliphatic heterocycles. The summed E-state index contributed by atoms with van der Waals surface area (Å²) in [4.78, 5) is 14.1. The molecule has 7 heteroatoms. The first-order valence-electron chi connectivity index (χ1n) is 16.9. The van der Waals surface area contributed by atoms with Gasteiger partial charge in [-0.3, -0.25) is 4.98 Å². The van der Waals surface area contributed by atoms with Crippen molar-refractivity contribution in [2.45, 2.75) is 70.3 Å². The Morgan fingerprint density at radius 1 is 0.833 bits per heavy atom. The molecule has 3 fully saturated rings. The molecule has 3 aliphatic carbocycles. The molecule has 2 bridgehead atoms. The van der Waals surface area contributed by atoms with Crippen molar-refractivity contribution in [3.05, 3.63) is 116 Å². The van der Waals surface area contributed by atoms with Crippen molar-refractivity contribution in [1.82, 2.24) is 14.5 Å². The van der Waals surface area contributed by atoms with E-state index in [1.807, 2.05) is 36.8 Å². The second kappa shape index (κ2) is 11.8. The van der Waals surface area contributed by atoms with Crippen molar-refractivity contribution in [2.75, 3.05) is 9.80 Å². The van der Waals surface area contributed by atoms with Gasteiger partial charge in [0.05, 0.1) is 5.69 Å². The Morgan fingerprint density at radius 2 is 1.62 bits per heavy atom. The van der Waals surface area contributed by atoms with Crippen LogP contribution in [0.2, 0.25) is 0 Å². The first-order valence-corrected chi connectivity index (χ1v) is 16.9. The molecule has 0 N–H and O–H groups in total. The monoisotopic (exact) mass is 811 g/mol. The van der Waals surface area contributed by atoms with Gasteiger partial charge in [-0.2, -0.15) is 18.8 Å². The van der Waals surface area contributed by atoms with Gasteiger partial charge in [0.2, 0.25) is 0 Å². The van der Waals surface area contributed by atoms with Crippen LogP contribution in [0.1, 0.15) is 64.9 Å². The van der Waals surface area contributed by atoms with Crippen molar-refractivity contribution < 1.29 is 25.8 Å². The number of rotatable bonds is 5. The van der Waals surface area contributed by atoms with Gasteiger partial charge in [0.15, 0.2) is 0 Å². The number of aromatic nitrogens is 3. The van der Waals surface area contributed by atoms with Crippen LogP contribution in [0.25, 0.3) is 27.6 Å². The Morgan fingerprint density at radius 3 is 2.44 bits per heavy atom. The predicted octanol–water partition coefficient (Wildman–Crippen LogP) is 10.1. The fourth-order valence-electron chi connectivity index (χ4n) is 8.10. The molecule has 3 aromatic carbocycles. The Labute approximate surface area is 297 Å². The molecule has 0 radical (unpaired) electrons. The molecule has 6 nitrogen and oxygen atoms in total. The molecule has 0 spiro atoms. The topological polar surface area (TPSA) is 46.4 Å². The molecule has 3 aromatic heterocycles. The average molecular weight is 812 g/mol. The van der Waals surface area contributed by atoms with E-state index in [1.165, 1.54) is 49.8 Å². The maximum absolute atomic E-state index is 6.52. The van der Waals surface area contributed by atoms with Gasteiger partial charge in [-0.1, -0.05) is 44.5 Å². The van der Waals surface area contributed by atoms with Crippen LogP contribution >= 0.6 is 0 Å². The summed E-state index contributed by atoms with van der Waals surface area (Å²) in [6.45, 7) is 8.97. The Kier molecular flexibility index (Phi) is 7.63. The fourth-order valence-corrected chi connectivity index (χ4v) is 8.10. The third-order valence-electron chi connectivity index (χ3n) is 10.7. The smallest absolute Gasteiger partial charge is 0.135 e. The molecular weight excluding hydrogens is 774 g/mol. The fraction of sp³-hybridized carbons (Fsp3) is 0.293. The summed E-state index contributed by atoms with van der Waals surface area (Å²) in [7, 11) is 0. The molecular formula is C41H38N5OPt-3. The number of pyridine rings is 2. The molecule has 4 heterocycles. The second-order valence-electron chi connectivity index (χ2n) is 14.5. The van der Waals surface area contributed by atoms with E-state index in [0.29, 0.717) is 11.5 Å². The van der Waals surface area contributed by atoms with E-state index in [0.717, 1.165) is 44.9 Å². The van der Waals surface area contributed by atoms with Crippen LogP contribution < -0.4 is 14.5 Å². The number of hydrogen-bond acceptors (Lipinski definition) is 5. The van der Waals surface area contributed by atoms with Crippen LogP contribution in [0.15, 0.2) is 91.4 Å². The van der Waals surface area contributed by atoms with Crippen LogP contribution in [0, 0.1) is 24.7 Å². The number of anilines is 3. The summed E-state index contributed by atoms with van der Waals surface area (Å²) >= 11 is 0. The maximum atomic E-state index is 6.52. The minimum atomic E-state index is 0. The normalized spacial score (nSPS) is 20.3. The molecule has 6 aromatic rings. The van der Waals surface area contributed by atoms with Crippen molar-refractivity contribution in [1.29, 1.82) is 0 Å². The summed E-state index contributed by atoms with van der Waals surface area (Å²) in [6.07, 6.45) is 13.5. The molecule has 0 unspecified atom stereocenters. The third kappa shape index (κ3) is 5.11. The van der Waals surface area contributed by atoms with Gasteiger partial charge in [-0.05, 0) is 85.1 Å². The average Bonchev–Trinajstić information content (AvgIpc) is 3.66. The van der Waals surface area contributed by atoms with Gasteiger partial charge >= 0.3 is 0 Å². The zero-order valence-corrected chi connectivity index (χ0v) is 29.8. The first-order chi connectivity index (χ1) is 22.9. The maximum Gasteiger partial charge on any atom is 0.135 e. The predicted molar refractivity (Wildman–Crippen MR) is 189 cm³/mol. The van der Waals surface area contributed by atoms with E-state index < -0.39 is 0 Å². The molecule has 3 saturated carbocycles. The third-order valence-corrected chi connectivity index (χ3v) is 10.7. The molecule has 0 saturated heterocycles. The van der Waals surface area contributed by atoms with E-state index >= 15 is 0 Å². The van der Waals surface area contributed by atoms with Crippen LogP contribution in [0.3, 0.4) is 0 Å². The molecule has 48 heavy (non-hydrogen) atoms. The van der Waals surface area contributed by atoms with E-state index in [2.05, 4.69) is 114 Å². The van der Waals surface area contributed by atoms with E-state index in [9.17, 15) is 0 Å². The molecule has 246 valence electrons. The summed E-state index contributed by atoms with van der Waals surface area (Å²) in [6, 6.07) is 32.3. The number of fused-ring (bicyclic) bond motifs is 7. The van der Waals surface area contributed by atoms with Crippen LogP contribution in [0.5, 0.6) is 11.5 Å². The van der Waals surface area contributed by atoms with Crippen molar-refractivity contribution in [3.63, 3.8) is 0 Å². The Bertz CT molecular complexity index is 2130. The number of para-hydroxylation sites is 1. The van der Waals surface area contributed by atoms with Crippen LogP contribution in [0.4, 0.5) is 17.1 Å². The Balaban J connectivity index is 0.00000336. The molecule has 0 atom stereocenters. The zero-order valence-electron chi connectivity index (χ0n) is 27.5. The van der Waals surface area contributed by atoms with E-state index in [-0.39, 0.29) is 32.0 Å². The quantitative estimate of drug-likeness (QED) is 0.162. The SMILES string of the molecule is CC(C)(C)c1ccnc(-n2c3[c-]c(Oc4[c-]c(N5[CH-]N(C67CCC(CC6)CC7)c6ccncc65)ccc4)ccc3c3ccccc32)c1.[Pt]. The number of ether oxygens (including phenoxy) is 1. The van der Waals surface area contributed by atoms with Gasteiger partial charge in [0.25, 0.3) is 0 Å². The number of benzene rings is 3. The summed E-state index contributed by atoms with van der Waals surface area (Å²) in [5.41, 5.74) is 6.71. The second-order valence-corrected chi connectivity index (χ2v) is 14.5. The van der Waals surface area contributed by atoms with Crippen LogP contribution in [-0.2, 0) is 26.5 Å².